The molecule has 0 bridgehead atoms. The van der Waals surface area contributed by atoms with E-state index in [0.717, 1.165) is 75.6 Å². The van der Waals surface area contributed by atoms with Crippen molar-refractivity contribution in [2.24, 2.45) is 0 Å². The quantitative estimate of drug-likeness (QED) is 0.156. The third-order valence-corrected chi connectivity index (χ3v) is 11.9. The fourth-order valence-electron chi connectivity index (χ4n) is 8.22. The molecule has 51 heavy (non-hydrogen) atoms. The minimum absolute atomic E-state index is 0.0247. The Morgan fingerprint density at radius 2 is 1.92 bits per heavy atom. The van der Waals surface area contributed by atoms with Crippen molar-refractivity contribution < 1.29 is 14.1 Å². The Morgan fingerprint density at radius 1 is 1.06 bits per heavy atom. The van der Waals surface area contributed by atoms with Crippen molar-refractivity contribution in [3.63, 3.8) is 0 Å². The number of nitrogens with one attached hydrogen (secondary N) is 2. The fourth-order valence-corrected chi connectivity index (χ4v) is 9.38. The molecule has 0 saturated carbocycles. The van der Waals surface area contributed by atoms with E-state index >= 15 is 0 Å². The van der Waals surface area contributed by atoms with E-state index in [2.05, 4.69) is 65.7 Å². The number of hydrogen-bond acceptors (Lipinski definition) is 9. The molecule has 1 fully saturated rings. The van der Waals surface area contributed by atoms with Crippen LogP contribution in [0.25, 0.3) is 31.9 Å². The summed E-state index contributed by atoms with van der Waals surface area (Å²) < 4.78 is 11.7. The summed E-state index contributed by atoms with van der Waals surface area (Å²) in [4.78, 5) is 42.4. The second-order valence-corrected chi connectivity index (χ2v) is 15.1. The first kappa shape index (κ1) is 31.7. The number of rotatable bonds is 9. The third-order valence-electron chi connectivity index (χ3n) is 10.8. The van der Waals surface area contributed by atoms with Gasteiger partial charge in [0.25, 0.3) is 5.91 Å². The van der Waals surface area contributed by atoms with E-state index in [1.165, 1.54) is 22.3 Å². The van der Waals surface area contributed by atoms with Crippen LogP contribution in [0, 0.1) is 0 Å². The summed E-state index contributed by atoms with van der Waals surface area (Å²) in [6.45, 7) is 5.08. The number of aryl methyl sites for hydroxylation is 2. The second-order valence-electron chi connectivity index (χ2n) is 14.0. The number of nitrogens with zero attached hydrogens (tertiary/aromatic N) is 4. The number of fused-ring (bicyclic) bond motifs is 5. The number of hydrogen-bond donors (Lipinski definition) is 2. The molecule has 1 amide bonds. The van der Waals surface area contributed by atoms with Crippen molar-refractivity contribution in [1.82, 2.24) is 25.0 Å². The molecule has 4 aromatic heterocycles. The van der Waals surface area contributed by atoms with Crippen LogP contribution in [0.4, 0.5) is 5.82 Å². The van der Waals surface area contributed by atoms with E-state index in [4.69, 9.17) is 19.2 Å². The standard InChI is InChI=1S/C40H38N6O4S/c1-21(2)23-12-9-22(10-13-23)11-15-28-32(37-44-40(48)50-45-37)33(34-35(42-28)29-7-5-19-46(29)39(34)47)31-20-24-17-18-41-38(36(24)51-31)43-27-16-14-26-25(27)6-4-8-30(26)49-3/h4,6,8-10,12-13,17-18,20-21,27,29H,5,7,11,14-16,19H2,1-3H3,(H,41,43)(H,44,45,48)/t27-,29-/m0/s1. The van der Waals surface area contributed by atoms with Crippen LogP contribution in [0.5, 0.6) is 5.75 Å². The van der Waals surface area contributed by atoms with Crippen molar-refractivity contribution in [2.75, 3.05) is 19.0 Å². The molecular weight excluding hydrogens is 661 g/mol. The summed E-state index contributed by atoms with van der Waals surface area (Å²) in [5.41, 5.74) is 8.52. The number of anilines is 1. The van der Waals surface area contributed by atoms with Crippen LogP contribution in [-0.4, -0.2) is 44.6 Å². The molecule has 9 rings (SSSR count). The zero-order valence-corrected chi connectivity index (χ0v) is 29.6. The maximum Gasteiger partial charge on any atom is 0.439 e. The minimum Gasteiger partial charge on any atom is -0.496 e. The highest BCUT2D eigenvalue weighted by molar-refractivity contribution is 7.23. The van der Waals surface area contributed by atoms with Gasteiger partial charge in [-0.25, -0.2) is 9.78 Å². The van der Waals surface area contributed by atoms with Gasteiger partial charge in [-0.05, 0) is 90.3 Å². The van der Waals surface area contributed by atoms with E-state index in [-0.39, 0.29) is 23.8 Å². The van der Waals surface area contributed by atoms with Crippen LogP contribution in [0.15, 0.2) is 70.1 Å². The van der Waals surface area contributed by atoms with Gasteiger partial charge in [0, 0.05) is 23.2 Å². The lowest BCUT2D eigenvalue weighted by Gasteiger charge is -2.17. The van der Waals surface area contributed by atoms with Gasteiger partial charge in [-0.2, -0.15) is 0 Å². The number of aromatic amines is 1. The molecule has 2 aromatic carbocycles. The van der Waals surface area contributed by atoms with Crippen molar-refractivity contribution in [3.8, 4) is 27.6 Å². The number of pyridine rings is 2. The normalized spacial score (nSPS) is 17.7. The molecule has 1 aliphatic carbocycles. The third kappa shape index (κ3) is 5.33. The molecule has 6 heterocycles. The summed E-state index contributed by atoms with van der Waals surface area (Å²) in [5.74, 6) is 1.76. The average Bonchev–Trinajstić information content (AvgIpc) is 3.98. The minimum atomic E-state index is -0.654. The van der Waals surface area contributed by atoms with E-state index in [1.54, 1.807) is 18.4 Å². The first-order valence-corrected chi connectivity index (χ1v) is 18.5. The Labute approximate surface area is 298 Å². The maximum atomic E-state index is 14.3. The molecule has 2 N–H and O–H groups in total. The van der Waals surface area contributed by atoms with Gasteiger partial charge in [0.1, 0.15) is 11.6 Å². The van der Waals surface area contributed by atoms with Crippen LogP contribution in [0.3, 0.4) is 0 Å². The average molecular weight is 699 g/mol. The van der Waals surface area contributed by atoms with E-state index in [9.17, 15) is 9.59 Å². The second kappa shape index (κ2) is 12.5. The van der Waals surface area contributed by atoms with Crippen LogP contribution in [0.1, 0.15) is 95.1 Å². The number of carbonyl (C=O) groups is 1. The monoisotopic (exact) mass is 698 g/mol. The first-order chi connectivity index (χ1) is 24.9. The summed E-state index contributed by atoms with van der Waals surface area (Å²) in [6, 6.07) is 19.1. The molecule has 0 radical (unpaired) electrons. The zero-order chi connectivity index (χ0) is 34.8. The van der Waals surface area contributed by atoms with Gasteiger partial charge >= 0.3 is 5.76 Å². The Balaban J connectivity index is 1.18. The van der Waals surface area contributed by atoms with Crippen molar-refractivity contribution in [3.05, 3.63) is 111 Å². The molecule has 11 heteroatoms. The Hall–Kier alpha value is -5.29. The molecule has 0 unspecified atom stereocenters. The summed E-state index contributed by atoms with van der Waals surface area (Å²) in [7, 11) is 1.72. The number of aromatic nitrogens is 4. The van der Waals surface area contributed by atoms with Crippen molar-refractivity contribution in [2.45, 2.75) is 70.4 Å². The van der Waals surface area contributed by atoms with Crippen LogP contribution in [0.2, 0.25) is 0 Å². The highest BCUT2D eigenvalue weighted by Crippen LogP contribution is 2.50. The fraction of sp³-hybridized carbons (Fsp3) is 0.325. The molecular formula is C40H38N6O4S. The Morgan fingerprint density at radius 3 is 2.71 bits per heavy atom. The number of carbonyl (C=O) groups excluding carboxylic acids is 1. The van der Waals surface area contributed by atoms with E-state index in [1.807, 2.05) is 29.3 Å². The van der Waals surface area contributed by atoms with Gasteiger partial charge in [0.15, 0.2) is 5.82 Å². The van der Waals surface area contributed by atoms with Crippen LogP contribution < -0.4 is 15.8 Å². The number of ether oxygens (including phenoxy) is 1. The summed E-state index contributed by atoms with van der Waals surface area (Å²) in [5, 5.41) is 8.93. The molecule has 2 atom stereocenters. The predicted octanol–water partition coefficient (Wildman–Crippen LogP) is 8.01. The van der Waals surface area contributed by atoms with Gasteiger partial charge in [0.2, 0.25) is 0 Å². The summed E-state index contributed by atoms with van der Waals surface area (Å²) in [6.07, 6.45) is 6.84. The lowest BCUT2D eigenvalue weighted by atomic mass is 9.92. The highest BCUT2D eigenvalue weighted by Gasteiger charge is 2.44. The largest absolute Gasteiger partial charge is 0.496 e. The van der Waals surface area contributed by atoms with Gasteiger partial charge in [-0.3, -0.25) is 19.3 Å². The Bertz CT molecular complexity index is 2380. The first-order valence-electron chi connectivity index (χ1n) is 17.7. The van der Waals surface area contributed by atoms with Gasteiger partial charge < -0.3 is 15.0 Å². The lowest BCUT2D eigenvalue weighted by molar-refractivity contribution is 0.0776. The molecule has 3 aliphatic rings. The van der Waals surface area contributed by atoms with Gasteiger partial charge in [0.05, 0.1) is 46.4 Å². The van der Waals surface area contributed by atoms with Crippen molar-refractivity contribution in [1.29, 1.82) is 0 Å². The lowest BCUT2D eigenvalue weighted by Crippen LogP contribution is -2.22. The molecule has 1 saturated heterocycles. The molecule has 258 valence electrons. The molecule has 0 spiro atoms. The molecule has 6 aromatic rings. The smallest absolute Gasteiger partial charge is 0.439 e. The van der Waals surface area contributed by atoms with E-state index < -0.39 is 5.76 Å². The SMILES string of the molecule is COc1cccc2c1CC[C@@H]2Nc1nccc2cc(-c3c4c(nc(CCc5ccc(C(C)C)cc5)c3-c3noc(=O)[nH]3)[C@@H]3CCCN3C4=O)sc12. The predicted molar refractivity (Wildman–Crippen MR) is 198 cm³/mol. The molecule has 10 nitrogen and oxygen atoms in total. The number of methoxy groups -OCH3 is 1. The van der Waals surface area contributed by atoms with Gasteiger partial charge in [-0.1, -0.05) is 55.4 Å². The van der Waals surface area contributed by atoms with Crippen molar-refractivity contribution >= 4 is 33.1 Å². The topological polar surface area (TPSA) is 126 Å². The van der Waals surface area contributed by atoms with Crippen LogP contribution in [-0.2, 0) is 19.3 Å². The number of benzene rings is 2. The number of H-pyrrole nitrogens is 1. The van der Waals surface area contributed by atoms with Gasteiger partial charge in [-0.15, -0.1) is 11.3 Å². The summed E-state index contributed by atoms with van der Waals surface area (Å²) >= 11 is 1.59. The zero-order valence-electron chi connectivity index (χ0n) is 28.8. The van der Waals surface area contributed by atoms with Crippen LogP contribution >= 0.6 is 11.3 Å². The number of thiophene rings is 1. The Kier molecular flexibility index (Phi) is 7.76. The maximum absolute atomic E-state index is 14.3. The highest BCUT2D eigenvalue weighted by atomic mass is 32.1. The van der Waals surface area contributed by atoms with E-state index in [0.29, 0.717) is 30.0 Å². The number of amides is 1. The molecule has 2 aliphatic heterocycles.